The second-order valence-corrected chi connectivity index (χ2v) is 5.75. The Balaban J connectivity index is 0.00000220. The Morgan fingerprint density at radius 3 is 2.67 bits per heavy atom. The summed E-state index contributed by atoms with van der Waals surface area (Å²) in [6.07, 6.45) is 0.956. The highest BCUT2D eigenvalue weighted by atomic mass is 35.5. The fourth-order valence-corrected chi connectivity index (χ4v) is 2.72. The zero-order valence-electron chi connectivity index (χ0n) is 12.8. The van der Waals surface area contributed by atoms with Crippen molar-refractivity contribution < 1.29 is 4.79 Å². The van der Waals surface area contributed by atoms with Crippen molar-refractivity contribution in [1.29, 1.82) is 0 Å². The number of nitrogens with two attached hydrogens (primary N) is 1. The van der Waals surface area contributed by atoms with Gasteiger partial charge in [0.2, 0.25) is 5.91 Å². The van der Waals surface area contributed by atoms with Crippen molar-refractivity contribution in [1.82, 2.24) is 10.2 Å². The van der Waals surface area contributed by atoms with Gasteiger partial charge >= 0.3 is 0 Å². The molecule has 0 radical (unpaired) electrons. The monoisotopic (exact) mass is 311 g/mol. The van der Waals surface area contributed by atoms with Gasteiger partial charge in [0, 0.05) is 31.1 Å². The molecule has 118 valence electrons. The average Bonchev–Trinajstić information content (AvgIpc) is 2.80. The summed E-state index contributed by atoms with van der Waals surface area (Å²) in [5, 5.41) is 3.00. The predicted molar refractivity (Wildman–Crippen MR) is 88.7 cm³/mol. The van der Waals surface area contributed by atoms with Crippen LogP contribution >= 0.6 is 12.4 Å². The fourth-order valence-electron chi connectivity index (χ4n) is 2.72. The molecule has 0 saturated carbocycles. The molecule has 5 heteroatoms. The van der Waals surface area contributed by atoms with E-state index in [2.05, 4.69) is 29.3 Å². The molecular formula is C16H26ClN3O. The van der Waals surface area contributed by atoms with Crippen molar-refractivity contribution in [3.63, 3.8) is 0 Å². The molecule has 1 aromatic rings. The first-order valence-electron chi connectivity index (χ1n) is 7.42. The van der Waals surface area contributed by atoms with Crippen LogP contribution in [0.5, 0.6) is 0 Å². The predicted octanol–water partition coefficient (Wildman–Crippen LogP) is 1.75. The van der Waals surface area contributed by atoms with E-state index in [1.165, 1.54) is 5.56 Å². The Labute approximate surface area is 133 Å². The molecule has 0 aromatic heterocycles. The van der Waals surface area contributed by atoms with Crippen LogP contribution in [0.1, 0.15) is 31.7 Å². The van der Waals surface area contributed by atoms with Crippen LogP contribution in [-0.2, 0) is 4.79 Å². The normalized spacial score (nSPS) is 23.4. The van der Waals surface area contributed by atoms with Gasteiger partial charge in [-0.05, 0) is 18.9 Å². The van der Waals surface area contributed by atoms with Gasteiger partial charge in [-0.2, -0.15) is 0 Å². The molecule has 2 rings (SSSR count). The molecule has 1 amide bonds. The Morgan fingerprint density at radius 2 is 2.05 bits per heavy atom. The van der Waals surface area contributed by atoms with Crippen molar-refractivity contribution >= 4 is 18.3 Å². The summed E-state index contributed by atoms with van der Waals surface area (Å²) in [5.74, 6) is 0.424. The first kappa shape index (κ1) is 18.0. The first-order chi connectivity index (χ1) is 9.60. The topological polar surface area (TPSA) is 58.4 Å². The number of nitrogens with one attached hydrogen (secondary N) is 1. The summed E-state index contributed by atoms with van der Waals surface area (Å²) in [5.41, 5.74) is 7.50. The summed E-state index contributed by atoms with van der Waals surface area (Å²) in [7, 11) is 0. The molecule has 0 aliphatic carbocycles. The Hall–Kier alpha value is -1.10. The lowest BCUT2D eigenvalue weighted by Gasteiger charge is -2.17. The summed E-state index contributed by atoms with van der Waals surface area (Å²) in [6.45, 7) is 6.19. The largest absolute Gasteiger partial charge is 0.353 e. The van der Waals surface area contributed by atoms with Crippen LogP contribution < -0.4 is 11.1 Å². The highest BCUT2D eigenvalue weighted by Crippen LogP contribution is 2.25. The molecule has 0 bridgehead atoms. The van der Waals surface area contributed by atoms with E-state index in [1.54, 1.807) is 0 Å². The number of amides is 1. The van der Waals surface area contributed by atoms with E-state index in [0.29, 0.717) is 12.5 Å². The van der Waals surface area contributed by atoms with Crippen LogP contribution in [0, 0.1) is 0 Å². The van der Waals surface area contributed by atoms with Crippen LogP contribution in [-0.4, -0.2) is 42.5 Å². The molecule has 3 atom stereocenters. The van der Waals surface area contributed by atoms with Gasteiger partial charge in [-0.15, -0.1) is 12.4 Å². The number of carbonyl (C=O) groups excluding carboxylic acids is 1. The van der Waals surface area contributed by atoms with Crippen molar-refractivity contribution in [2.45, 2.75) is 38.3 Å². The maximum Gasteiger partial charge on any atom is 0.234 e. The summed E-state index contributed by atoms with van der Waals surface area (Å²) in [6, 6.07) is 10.7. The van der Waals surface area contributed by atoms with E-state index in [0.717, 1.165) is 19.5 Å². The van der Waals surface area contributed by atoms with Gasteiger partial charge in [-0.3, -0.25) is 9.69 Å². The number of carbonyl (C=O) groups is 1. The molecule has 1 aliphatic heterocycles. The number of benzene rings is 1. The second kappa shape index (κ2) is 8.37. The third-order valence-electron chi connectivity index (χ3n) is 4.06. The fraction of sp³-hybridized carbons (Fsp3) is 0.562. The van der Waals surface area contributed by atoms with E-state index in [4.69, 9.17) is 5.73 Å². The smallest absolute Gasteiger partial charge is 0.234 e. The standard InChI is InChI=1S/C16H25N3O.ClH/c1-3-12(2)18-16(20)11-19-9-14(15(17)10-19)13-7-5-4-6-8-13;/h4-8,12,14-15H,3,9-11,17H2,1-2H3,(H,18,20);1H/t12?,14-,15+;/m0./s1. The molecule has 21 heavy (non-hydrogen) atoms. The van der Waals surface area contributed by atoms with E-state index >= 15 is 0 Å². The lowest BCUT2D eigenvalue weighted by molar-refractivity contribution is -0.122. The molecule has 4 nitrogen and oxygen atoms in total. The minimum absolute atomic E-state index is 0. The van der Waals surface area contributed by atoms with E-state index in [9.17, 15) is 4.79 Å². The molecule has 1 aromatic carbocycles. The van der Waals surface area contributed by atoms with Gasteiger partial charge in [0.15, 0.2) is 0 Å². The lowest BCUT2D eigenvalue weighted by atomic mass is 9.95. The van der Waals surface area contributed by atoms with Gasteiger partial charge in [0.1, 0.15) is 0 Å². The van der Waals surface area contributed by atoms with Crippen molar-refractivity contribution in [3.8, 4) is 0 Å². The van der Waals surface area contributed by atoms with E-state index in [1.807, 2.05) is 25.1 Å². The number of hydrogen-bond donors (Lipinski definition) is 2. The van der Waals surface area contributed by atoms with Crippen LogP contribution in [0.25, 0.3) is 0 Å². The molecule has 1 fully saturated rings. The number of nitrogens with zero attached hydrogens (tertiary/aromatic N) is 1. The van der Waals surface area contributed by atoms with E-state index < -0.39 is 0 Å². The molecule has 1 saturated heterocycles. The van der Waals surface area contributed by atoms with Crippen molar-refractivity contribution in [2.24, 2.45) is 5.73 Å². The zero-order valence-corrected chi connectivity index (χ0v) is 13.6. The van der Waals surface area contributed by atoms with Crippen molar-refractivity contribution in [2.75, 3.05) is 19.6 Å². The van der Waals surface area contributed by atoms with Crippen LogP contribution in [0.15, 0.2) is 30.3 Å². The Morgan fingerprint density at radius 1 is 1.38 bits per heavy atom. The highest BCUT2D eigenvalue weighted by Gasteiger charge is 2.31. The second-order valence-electron chi connectivity index (χ2n) is 5.75. The zero-order chi connectivity index (χ0) is 14.5. The minimum atomic E-state index is 0. The molecule has 1 unspecified atom stereocenters. The van der Waals surface area contributed by atoms with Crippen LogP contribution in [0.2, 0.25) is 0 Å². The Kier molecular flexibility index (Phi) is 7.15. The van der Waals surface area contributed by atoms with Gasteiger partial charge in [-0.1, -0.05) is 37.3 Å². The lowest BCUT2D eigenvalue weighted by Crippen LogP contribution is -2.40. The first-order valence-corrected chi connectivity index (χ1v) is 7.42. The quantitative estimate of drug-likeness (QED) is 0.871. The maximum absolute atomic E-state index is 11.9. The summed E-state index contributed by atoms with van der Waals surface area (Å²) < 4.78 is 0. The molecular weight excluding hydrogens is 286 g/mol. The van der Waals surface area contributed by atoms with Crippen LogP contribution in [0.3, 0.4) is 0 Å². The number of rotatable bonds is 5. The summed E-state index contributed by atoms with van der Waals surface area (Å²) >= 11 is 0. The van der Waals surface area contributed by atoms with E-state index in [-0.39, 0.29) is 30.4 Å². The molecule has 0 spiro atoms. The molecule has 1 heterocycles. The third kappa shape index (κ3) is 4.99. The van der Waals surface area contributed by atoms with Crippen LogP contribution in [0.4, 0.5) is 0 Å². The minimum Gasteiger partial charge on any atom is -0.353 e. The Bertz CT molecular complexity index is 440. The van der Waals surface area contributed by atoms with Gasteiger partial charge in [-0.25, -0.2) is 0 Å². The number of likely N-dealkylation sites (tertiary alicyclic amines) is 1. The molecule has 1 aliphatic rings. The third-order valence-corrected chi connectivity index (χ3v) is 4.06. The van der Waals surface area contributed by atoms with Gasteiger partial charge < -0.3 is 11.1 Å². The summed E-state index contributed by atoms with van der Waals surface area (Å²) in [4.78, 5) is 14.1. The maximum atomic E-state index is 11.9. The average molecular weight is 312 g/mol. The molecule has 3 N–H and O–H groups in total. The number of hydrogen-bond acceptors (Lipinski definition) is 3. The number of halogens is 1. The highest BCUT2D eigenvalue weighted by molar-refractivity contribution is 5.85. The van der Waals surface area contributed by atoms with Gasteiger partial charge in [0.05, 0.1) is 6.54 Å². The van der Waals surface area contributed by atoms with Gasteiger partial charge in [0.25, 0.3) is 0 Å². The van der Waals surface area contributed by atoms with Crippen molar-refractivity contribution in [3.05, 3.63) is 35.9 Å². The SMILES string of the molecule is CCC(C)NC(=O)CN1C[C@@H](N)[C@H](c2ccccc2)C1.Cl.